The maximum atomic E-state index is 13.0. The first-order chi connectivity index (χ1) is 28.6. The molecule has 4 amide bonds. The molecule has 4 aromatic rings. The maximum absolute atomic E-state index is 13.0. The Labute approximate surface area is 356 Å². The highest BCUT2D eigenvalue weighted by atomic mass is 35.5. The predicted octanol–water partition coefficient (Wildman–Crippen LogP) is 4.84. The number of aromatic nitrogens is 2. The van der Waals surface area contributed by atoms with Gasteiger partial charge in [-0.25, -0.2) is 9.97 Å². The van der Waals surface area contributed by atoms with E-state index in [4.69, 9.17) is 30.5 Å². The molecule has 60 heavy (non-hydrogen) atoms. The van der Waals surface area contributed by atoms with Crippen molar-refractivity contribution in [2.75, 3.05) is 57.4 Å². The van der Waals surface area contributed by atoms with Crippen LogP contribution in [-0.2, 0) is 31.1 Å². The molecule has 0 saturated carbocycles. The van der Waals surface area contributed by atoms with Crippen LogP contribution in [0.4, 0.5) is 11.6 Å². The van der Waals surface area contributed by atoms with Crippen LogP contribution in [-0.4, -0.2) is 101 Å². The van der Waals surface area contributed by atoms with Gasteiger partial charge in [0.1, 0.15) is 50.9 Å². The van der Waals surface area contributed by atoms with Gasteiger partial charge in [0.25, 0.3) is 17.8 Å². The number of thiol groups is 1. The first-order valence-corrected chi connectivity index (χ1v) is 19.7. The molecule has 17 nitrogen and oxygen atoms in total. The number of ether oxygens (including phenoxy) is 4. The molecule has 0 spiro atoms. The van der Waals surface area contributed by atoms with E-state index in [1.807, 2.05) is 38.1 Å². The van der Waals surface area contributed by atoms with Gasteiger partial charge in [0.2, 0.25) is 11.8 Å². The zero-order valence-electron chi connectivity index (χ0n) is 33.1. The fourth-order valence-electron chi connectivity index (χ4n) is 6.53. The average Bonchev–Trinajstić information content (AvgIpc) is 3.45. The van der Waals surface area contributed by atoms with E-state index < -0.39 is 39.2 Å². The van der Waals surface area contributed by atoms with Crippen LogP contribution in [0.3, 0.4) is 0 Å². The van der Waals surface area contributed by atoms with Crippen molar-refractivity contribution in [1.82, 2.24) is 20.2 Å². The minimum atomic E-state index is -1.02. The quantitative estimate of drug-likeness (QED) is 0.0281. The second-order valence-electron chi connectivity index (χ2n) is 14.5. The lowest BCUT2D eigenvalue weighted by molar-refractivity contribution is -0.955. The highest BCUT2D eigenvalue weighted by Gasteiger charge is 2.44. The van der Waals surface area contributed by atoms with E-state index in [1.54, 1.807) is 42.7 Å². The van der Waals surface area contributed by atoms with Gasteiger partial charge in [0.15, 0.2) is 5.75 Å². The average molecular weight is 860 g/mol. The van der Waals surface area contributed by atoms with E-state index in [1.165, 1.54) is 7.05 Å². The van der Waals surface area contributed by atoms with Crippen molar-refractivity contribution < 1.29 is 47.5 Å². The standard InChI is InChI=1S/C41H43ClN8O9S/c1-41(2,27-4-7-30(8-5-27)59-24-25-22-45-40(46-23-25)48-50(3,55)60)28-18-26(21-43)36(33(42)19-28)58-17-16-57-15-14-56-13-12-44-29-6-9-31-32(20-29)39(54)49(38(31)53)34-10-11-35(51)47-37(34)52/h4-9,18-20,22-23,34,55,60H,10-17,24H2,1-3H3,(H2-,44,45,46,47,48,51,52,53)/p+1. The minimum absolute atomic E-state index is 0.0535. The van der Waals surface area contributed by atoms with E-state index >= 15 is 0 Å². The number of hydrogen-bond donors (Lipinski definition) is 5. The Kier molecular flexibility index (Phi) is 13.9. The van der Waals surface area contributed by atoms with Gasteiger partial charge in [-0.1, -0.05) is 37.6 Å². The van der Waals surface area contributed by atoms with Crippen molar-refractivity contribution in [2.24, 2.45) is 0 Å². The Hall–Kier alpha value is -5.81. The minimum Gasteiger partial charge on any atom is -0.489 e. The van der Waals surface area contributed by atoms with E-state index in [9.17, 15) is 29.6 Å². The zero-order valence-corrected chi connectivity index (χ0v) is 34.7. The molecule has 19 heteroatoms. The second kappa shape index (κ2) is 19.1. The van der Waals surface area contributed by atoms with Crippen molar-refractivity contribution >= 4 is 59.7 Å². The third-order valence-corrected chi connectivity index (χ3v) is 10.1. The molecule has 0 bridgehead atoms. The number of benzene rings is 3. The Morgan fingerprint density at radius 2 is 1.63 bits per heavy atom. The van der Waals surface area contributed by atoms with Crippen LogP contribution in [0.1, 0.15) is 69.7 Å². The summed E-state index contributed by atoms with van der Waals surface area (Å²) in [5.41, 5.74) is 5.92. The smallest absolute Gasteiger partial charge is 0.273 e. The molecule has 2 atom stereocenters. The van der Waals surface area contributed by atoms with E-state index in [-0.39, 0.29) is 55.5 Å². The number of hydroxylamine groups is 1. The van der Waals surface area contributed by atoms with Crippen molar-refractivity contribution in [2.45, 2.75) is 44.8 Å². The number of hydrogen-bond acceptors (Lipinski definition) is 15. The number of fused-ring (bicyclic) bond motifs is 1. The molecule has 2 unspecified atom stereocenters. The molecule has 3 heterocycles. The molecule has 6 rings (SSSR count). The summed E-state index contributed by atoms with van der Waals surface area (Å²) in [6.07, 6.45) is 3.32. The van der Waals surface area contributed by atoms with Crippen LogP contribution >= 0.6 is 24.4 Å². The van der Waals surface area contributed by atoms with Crippen molar-refractivity contribution in [3.05, 3.63) is 105 Å². The lowest BCUT2D eigenvalue weighted by atomic mass is 9.77. The molecule has 4 N–H and O–H groups in total. The number of carbonyl (C=O) groups is 4. The van der Waals surface area contributed by atoms with Crippen LogP contribution in [0.2, 0.25) is 5.02 Å². The lowest BCUT2D eigenvalue weighted by Gasteiger charge is -2.27. The number of halogens is 1. The Morgan fingerprint density at radius 3 is 2.32 bits per heavy atom. The summed E-state index contributed by atoms with van der Waals surface area (Å²) in [5, 5.41) is 25.3. The molecule has 2 aliphatic heterocycles. The molecule has 1 saturated heterocycles. The molecule has 0 aliphatic carbocycles. The van der Waals surface area contributed by atoms with Crippen LogP contribution in [0.15, 0.2) is 67.0 Å². The molecule has 1 fully saturated rings. The molecular formula is C41H44ClN8O9S+. The topological polar surface area (TPSA) is 214 Å². The van der Waals surface area contributed by atoms with E-state index in [0.717, 1.165) is 21.6 Å². The summed E-state index contributed by atoms with van der Waals surface area (Å²) in [6, 6.07) is 17.2. The van der Waals surface area contributed by atoms with Gasteiger partial charge in [-0.2, -0.15) is 15.9 Å². The summed E-state index contributed by atoms with van der Waals surface area (Å²) < 4.78 is 22.3. The first-order valence-electron chi connectivity index (χ1n) is 18.9. The number of rotatable bonds is 19. The fourth-order valence-corrected chi connectivity index (χ4v) is 6.90. The van der Waals surface area contributed by atoms with Crippen molar-refractivity contribution in [1.29, 1.82) is 5.26 Å². The SMILES string of the molecule is CC(C)(c1ccc(OCc2cnc(N[N+](C)(O)S)nc2)cc1)c1cc(Cl)c(OCCOCCOCCNc2ccc3c(c2)C(=O)N(C2CCC(=O)NC2=O)C3=O)c(C#N)c1. The number of piperidine rings is 1. The third kappa shape index (κ3) is 10.7. The number of nitrogens with zero attached hydrogens (tertiary/aromatic N) is 5. The third-order valence-electron chi connectivity index (χ3n) is 9.75. The van der Waals surface area contributed by atoms with Crippen LogP contribution in [0, 0.1) is 11.3 Å². The number of nitrogens with one attached hydrogen (secondary N) is 3. The number of nitriles is 1. The maximum Gasteiger partial charge on any atom is 0.273 e. The number of carbonyl (C=O) groups excluding carboxylic acids is 4. The molecule has 2 aliphatic rings. The first kappa shape index (κ1) is 43.8. The van der Waals surface area contributed by atoms with Crippen LogP contribution < -0.4 is 25.5 Å². The molecule has 1 aromatic heterocycles. The molecule has 3 aromatic carbocycles. The summed E-state index contributed by atoms with van der Waals surface area (Å²) in [7, 11) is 1.40. The van der Waals surface area contributed by atoms with Crippen LogP contribution in [0.25, 0.3) is 0 Å². The number of quaternary nitrogens is 1. The highest BCUT2D eigenvalue weighted by Crippen LogP contribution is 2.39. The fraction of sp³-hybridized carbons (Fsp3) is 0.341. The number of imide groups is 2. The summed E-state index contributed by atoms with van der Waals surface area (Å²) in [4.78, 5) is 59.0. The molecule has 0 radical (unpaired) electrons. The molecular weight excluding hydrogens is 816 g/mol. The molecule has 314 valence electrons. The van der Waals surface area contributed by atoms with Gasteiger partial charge in [0, 0.05) is 42.0 Å². The summed E-state index contributed by atoms with van der Waals surface area (Å²) in [5.74, 6) is -1.09. The normalized spacial score (nSPS) is 16.1. The number of anilines is 2. The van der Waals surface area contributed by atoms with Gasteiger partial charge in [0.05, 0.1) is 48.1 Å². The van der Waals surface area contributed by atoms with Crippen molar-refractivity contribution in [3.8, 4) is 17.6 Å². The Morgan fingerprint density at radius 1 is 0.950 bits per heavy atom. The summed E-state index contributed by atoms with van der Waals surface area (Å²) in [6.45, 7) is 6.06. The Balaban J connectivity index is 0.898. The van der Waals surface area contributed by atoms with Gasteiger partial charge < -0.3 is 24.3 Å². The highest BCUT2D eigenvalue weighted by molar-refractivity contribution is 7.74. The summed E-state index contributed by atoms with van der Waals surface area (Å²) >= 11 is 10.6. The monoisotopic (exact) mass is 859 g/mol. The Bertz CT molecular complexity index is 2280. The van der Waals surface area contributed by atoms with Gasteiger partial charge in [-0.3, -0.25) is 29.4 Å². The second-order valence-corrected chi connectivity index (χ2v) is 15.7. The predicted molar refractivity (Wildman–Crippen MR) is 220 cm³/mol. The largest absolute Gasteiger partial charge is 0.489 e. The van der Waals surface area contributed by atoms with Gasteiger partial charge in [-0.15, -0.1) is 0 Å². The van der Waals surface area contributed by atoms with Gasteiger partial charge >= 0.3 is 0 Å². The lowest BCUT2D eigenvalue weighted by Crippen LogP contribution is -2.54. The van der Waals surface area contributed by atoms with Crippen molar-refractivity contribution in [3.63, 3.8) is 0 Å². The van der Waals surface area contributed by atoms with E-state index in [2.05, 4.69) is 44.9 Å². The van der Waals surface area contributed by atoms with Gasteiger partial charge in [-0.05, 0) is 64.2 Å². The zero-order chi connectivity index (χ0) is 43.0. The van der Waals surface area contributed by atoms with E-state index in [0.29, 0.717) is 48.4 Å². The number of amides is 4. The van der Waals surface area contributed by atoms with Crippen LogP contribution in [0.5, 0.6) is 11.5 Å².